The van der Waals surface area contributed by atoms with E-state index in [0.29, 0.717) is 23.3 Å². The monoisotopic (exact) mass is 497 g/mol. The van der Waals surface area contributed by atoms with Crippen LogP contribution in [-0.2, 0) is 12.8 Å². The Labute approximate surface area is 195 Å². The number of nitro groups is 1. The highest BCUT2D eigenvalue weighted by atomic mass is 35.5. The zero-order valence-corrected chi connectivity index (χ0v) is 18.2. The minimum atomic E-state index is -4.73. The number of nitrogens with one attached hydrogen (secondary N) is 1. The molecule has 1 N–H and O–H groups in total. The third-order valence-corrected chi connectivity index (χ3v) is 4.78. The molecule has 0 bridgehead atoms. The van der Waals surface area contributed by atoms with Crippen LogP contribution in [0.2, 0.25) is 5.02 Å². The lowest BCUT2D eigenvalue weighted by molar-refractivity contribution is -0.384. The van der Waals surface area contributed by atoms with E-state index in [0.717, 1.165) is 6.07 Å². The lowest BCUT2D eigenvalue weighted by Gasteiger charge is -2.13. The predicted octanol–water partition coefficient (Wildman–Crippen LogP) is 6.44. The second-order valence-corrected chi connectivity index (χ2v) is 7.18. The first kappa shape index (κ1) is 24.8. The van der Waals surface area contributed by atoms with Crippen molar-refractivity contribution in [1.82, 2.24) is 0 Å². The van der Waals surface area contributed by atoms with Gasteiger partial charge in [0.05, 0.1) is 28.8 Å². The maximum absolute atomic E-state index is 13.8. The summed E-state index contributed by atoms with van der Waals surface area (Å²) in [5.41, 5.74) is 0.867. The normalized spacial score (nSPS) is 11.5. The zero-order valence-electron chi connectivity index (χ0n) is 17.4. The Bertz CT molecular complexity index is 1240. The topological polar surface area (TPSA) is 86.0 Å². The van der Waals surface area contributed by atoms with Gasteiger partial charge in [0.25, 0.3) is 5.69 Å². The third-order valence-electron chi connectivity index (χ3n) is 4.50. The number of halogens is 5. The van der Waals surface area contributed by atoms with E-state index in [1.807, 2.05) is 0 Å². The first-order valence-corrected chi connectivity index (χ1v) is 9.86. The van der Waals surface area contributed by atoms with Gasteiger partial charge in [0.1, 0.15) is 18.1 Å². The highest BCUT2D eigenvalue weighted by Crippen LogP contribution is 2.37. The maximum atomic E-state index is 13.8. The number of alkyl halides is 3. The summed E-state index contributed by atoms with van der Waals surface area (Å²) in [5, 5.41) is 15.1. The molecule has 3 aromatic rings. The number of ether oxygens (including phenoxy) is 2. The minimum absolute atomic E-state index is 0.102. The molecule has 0 aliphatic rings. The number of nitrogens with zero attached hydrogens (tertiary/aromatic N) is 2. The summed E-state index contributed by atoms with van der Waals surface area (Å²) in [6.45, 7) is -0.102. The Morgan fingerprint density at radius 2 is 1.91 bits per heavy atom. The standard InChI is InChI=1S/C22H16ClF4N3O4/c1-33-20-9-13(8-16(23)21(20)34-12-14-4-2-3-5-17(14)24)11-28-29-18-7-6-15(22(25,26)27)10-19(18)30(31)32/h2-11,29H,12H2,1H3/b28-11-. The Morgan fingerprint density at radius 3 is 2.56 bits per heavy atom. The molecule has 0 saturated carbocycles. The highest BCUT2D eigenvalue weighted by molar-refractivity contribution is 6.32. The summed E-state index contributed by atoms with van der Waals surface area (Å²) in [6, 6.07) is 11.0. The van der Waals surface area contributed by atoms with Crippen LogP contribution in [0.4, 0.5) is 28.9 Å². The third kappa shape index (κ3) is 5.93. The Morgan fingerprint density at radius 1 is 1.18 bits per heavy atom. The largest absolute Gasteiger partial charge is 0.493 e. The molecule has 0 unspecified atom stereocenters. The van der Waals surface area contributed by atoms with Crippen molar-refractivity contribution in [1.29, 1.82) is 0 Å². The molecule has 34 heavy (non-hydrogen) atoms. The molecule has 12 heteroatoms. The van der Waals surface area contributed by atoms with E-state index in [2.05, 4.69) is 10.5 Å². The lowest BCUT2D eigenvalue weighted by Crippen LogP contribution is -2.06. The van der Waals surface area contributed by atoms with Crippen LogP contribution in [0.25, 0.3) is 0 Å². The predicted molar refractivity (Wildman–Crippen MR) is 118 cm³/mol. The minimum Gasteiger partial charge on any atom is -0.493 e. The van der Waals surface area contributed by atoms with Crippen LogP contribution < -0.4 is 14.9 Å². The number of benzene rings is 3. The molecular weight excluding hydrogens is 482 g/mol. The van der Waals surface area contributed by atoms with Gasteiger partial charge in [0, 0.05) is 11.6 Å². The quantitative estimate of drug-likeness (QED) is 0.167. The zero-order chi connectivity index (χ0) is 24.9. The van der Waals surface area contributed by atoms with Gasteiger partial charge in [-0.3, -0.25) is 15.5 Å². The van der Waals surface area contributed by atoms with Crippen LogP contribution in [0.3, 0.4) is 0 Å². The van der Waals surface area contributed by atoms with E-state index in [-0.39, 0.29) is 28.8 Å². The van der Waals surface area contributed by atoms with Crippen LogP contribution >= 0.6 is 11.6 Å². The SMILES string of the molecule is COc1cc(/C=N\Nc2ccc(C(F)(F)F)cc2[N+](=O)[O-])cc(Cl)c1OCc1ccccc1F. The van der Waals surface area contributed by atoms with E-state index in [1.165, 1.54) is 31.5 Å². The highest BCUT2D eigenvalue weighted by Gasteiger charge is 2.33. The van der Waals surface area contributed by atoms with Crippen molar-refractivity contribution in [3.05, 3.63) is 92.2 Å². The molecule has 3 aromatic carbocycles. The van der Waals surface area contributed by atoms with E-state index in [9.17, 15) is 27.7 Å². The molecule has 7 nitrogen and oxygen atoms in total. The van der Waals surface area contributed by atoms with E-state index in [4.69, 9.17) is 21.1 Å². The number of methoxy groups -OCH3 is 1. The summed E-state index contributed by atoms with van der Waals surface area (Å²) in [7, 11) is 1.37. The molecule has 0 fully saturated rings. The number of nitro benzene ring substituents is 1. The number of hydrazone groups is 1. The summed E-state index contributed by atoms with van der Waals surface area (Å²) < 4.78 is 63.2. The molecule has 178 valence electrons. The molecule has 0 radical (unpaired) electrons. The molecule has 0 amide bonds. The Balaban J connectivity index is 1.78. The number of hydrogen-bond donors (Lipinski definition) is 1. The smallest absolute Gasteiger partial charge is 0.416 e. The van der Waals surface area contributed by atoms with Gasteiger partial charge in [-0.2, -0.15) is 18.3 Å². The lowest BCUT2D eigenvalue weighted by atomic mass is 10.1. The average molecular weight is 498 g/mol. The molecular formula is C22H16ClF4N3O4. The van der Waals surface area contributed by atoms with E-state index < -0.39 is 28.2 Å². The van der Waals surface area contributed by atoms with Crippen LogP contribution in [0.1, 0.15) is 16.7 Å². The van der Waals surface area contributed by atoms with Gasteiger partial charge < -0.3 is 9.47 Å². The van der Waals surface area contributed by atoms with Gasteiger partial charge in [-0.05, 0) is 35.9 Å². The number of anilines is 1. The van der Waals surface area contributed by atoms with Gasteiger partial charge >= 0.3 is 6.18 Å². The van der Waals surface area contributed by atoms with Crippen LogP contribution in [0.5, 0.6) is 11.5 Å². The van der Waals surface area contributed by atoms with Gasteiger partial charge in [-0.15, -0.1) is 0 Å². The van der Waals surface area contributed by atoms with Crippen LogP contribution in [0.15, 0.2) is 59.7 Å². The fourth-order valence-corrected chi connectivity index (χ4v) is 3.12. The first-order chi connectivity index (χ1) is 16.1. The van der Waals surface area contributed by atoms with Gasteiger partial charge in [-0.25, -0.2) is 4.39 Å². The molecule has 0 saturated heterocycles. The molecule has 0 heterocycles. The van der Waals surface area contributed by atoms with E-state index >= 15 is 0 Å². The maximum Gasteiger partial charge on any atom is 0.416 e. The van der Waals surface area contributed by atoms with Crippen molar-refractivity contribution in [2.24, 2.45) is 5.10 Å². The molecule has 3 rings (SSSR count). The molecule has 0 spiro atoms. The van der Waals surface area contributed by atoms with Gasteiger partial charge in [-0.1, -0.05) is 29.8 Å². The number of hydrogen-bond acceptors (Lipinski definition) is 6. The van der Waals surface area contributed by atoms with Crippen molar-refractivity contribution in [3.63, 3.8) is 0 Å². The fourth-order valence-electron chi connectivity index (χ4n) is 2.85. The second-order valence-electron chi connectivity index (χ2n) is 6.77. The summed E-state index contributed by atoms with van der Waals surface area (Å²) in [6.07, 6.45) is -3.49. The van der Waals surface area contributed by atoms with Crippen molar-refractivity contribution in [2.45, 2.75) is 12.8 Å². The van der Waals surface area contributed by atoms with Gasteiger partial charge in [0.2, 0.25) is 0 Å². The van der Waals surface area contributed by atoms with Crippen molar-refractivity contribution in [2.75, 3.05) is 12.5 Å². The van der Waals surface area contributed by atoms with Crippen molar-refractivity contribution in [3.8, 4) is 11.5 Å². The number of rotatable bonds is 8. The van der Waals surface area contributed by atoms with E-state index in [1.54, 1.807) is 18.2 Å². The van der Waals surface area contributed by atoms with Crippen LogP contribution in [-0.4, -0.2) is 18.2 Å². The first-order valence-electron chi connectivity index (χ1n) is 9.48. The van der Waals surface area contributed by atoms with Gasteiger partial charge in [0.15, 0.2) is 11.5 Å². The fraction of sp³-hybridized carbons (Fsp3) is 0.136. The average Bonchev–Trinajstić information content (AvgIpc) is 2.78. The Kier molecular flexibility index (Phi) is 7.57. The Hall–Kier alpha value is -3.86. The summed E-state index contributed by atoms with van der Waals surface area (Å²) >= 11 is 6.27. The molecule has 0 atom stereocenters. The summed E-state index contributed by atoms with van der Waals surface area (Å²) in [5.74, 6) is -0.0634. The molecule has 0 aliphatic heterocycles. The van der Waals surface area contributed by atoms with Crippen LogP contribution in [0, 0.1) is 15.9 Å². The second kappa shape index (κ2) is 10.4. The molecule has 0 aromatic heterocycles. The van der Waals surface area contributed by atoms with Crippen molar-refractivity contribution < 1.29 is 32.0 Å². The summed E-state index contributed by atoms with van der Waals surface area (Å²) in [4.78, 5) is 10.2. The van der Waals surface area contributed by atoms with Crippen molar-refractivity contribution >= 4 is 29.2 Å². The molecule has 0 aliphatic carbocycles.